The fourth-order valence-corrected chi connectivity index (χ4v) is 3.99. The van der Waals surface area contributed by atoms with Gasteiger partial charge in [0.25, 0.3) is 5.91 Å². The van der Waals surface area contributed by atoms with Crippen molar-refractivity contribution in [3.05, 3.63) is 39.9 Å². The van der Waals surface area contributed by atoms with Gasteiger partial charge in [-0.25, -0.2) is 4.39 Å². The van der Waals surface area contributed by atoms with Gasteiger partial charge >= 0.3 is 0 Å². The van der Waals surface area contributed by atoms with Crippen molar-refractivity contribution in [2.75, 3.05) is 50.9 Å². The van der Waals surface area contributed by atoms with Crippen molar-refractivity contribution in [1.29, 1.82) is 0 Å². The van der Waals surface area contributed by atoms with Crippen molar-refractivity contribution in [2.24, 2.45) is 5.92 Å². The third kappa shape index (κ3) is 3.73. The van der Waals surface area contributed by atoms with E-state index >= 15 is 0 Å². The minimum Gasteiger partial charge on any atom is -0.396 e. The number of carbonyl (C=O) groups excluding carboxylic acids is 1. The number of likely N-dealkylation sites (tertiary alicyclic amines) is 1. The molecule has 0 aliphatic carbocycles. The quantitative estimate of drug-likeness (QED) is 0.679. The number of aromatic amines is 1. The number of aliphatic hydroxyl groups excluding tert-OH is 2. The van der Waals surface area contributed by atoms with E-state index in [0.29, 0.717) is 43.9 Å². The van der Waals surface area contributed by atoms with Crippen LogP contribution in [0.2, 0.25) is 0 Å². The van der Waals surface area contributed by atoms with Gasteiger partial charge in [-0.15, -0.1) is 0 Å². The van der Waals surface area contributed by atoms with Gasteiger partial charge in [0.2, 0.25) is 5.43 Å². The lowest BCUT2D eigenvalue weighted by molar-refractivity contribution is 0.00339. The lowest BCUT2D eigenvalue weighted by Gasteiger charge is -2.35. The Labute approximate surface area is 166 Å². The summed E-state index contributed by atoms with van der Waals surface area (Å²) in [4.78, 5) is 32.0. The summed E-state index contributed by atoms with van der Waals surface area (Å²) in [5.74, 6) is -1.45. The Balaban J connectivity index is 1.65. The zero-order valence-electron chi connectivity index (χ0n) is 15.9. The molecule has 29 heavy (non-hydrogen) atoms. The minimum atomic E-state index is -0.674. The number of benzene rings is 1. The number of rotatable bonds is 3. The molecule has 0 radical (unpaired) electrons. The van der Waals surface area contributed by atoms with Crippen LogP contribution in [0.4, 0.5) is 10.1 Å². The van der Waals surface area contributed by atoms with Gasteiger partial charge in [-0.3, -0.25) is 9.59 Å². The van der Waals surface area contributed by atoms with Crippen LogP contribution >= 0.6 is 0 Å². The Morgan fingerprint density at radius 1 is 1.28 bits per heavy atom. The molecule has 0 bridgehead atoms. The van der Waals surface area contributed by atoms with Crippen LogP contribution in [0.15, 0.2) is 23.1 Å². The summed E-state index contributed by atoms with van der Waals surface area (Å²) in [6.45, 7) is 2.37. The highest BCUT2D eigenvalue weighted by atomic mass is 19.1. The van der Waals surface area contributed by atoms with Crippen molar-refractivity contribution in [1.82, 2.24) is 9.88 Å². The number of aliphatic hydroxyl groups is 2. The van der Waals surface area contributed by atoms with E-state index in [-0.39, 0.29) is 30.6 Å². The molecule has 9 heteroatoms. The largest absolute Gasteiger partial charge is 0.396 e. The predicted octanol–water partition coefficient (Wildman–Crippen LogP) is 0.319. The molecule has 4 rings (SSSR count). The second-order valence-corrected chi connectivity index (χ2v) is 7.53. The summed E-state index contributed by atoms with van der Waals surface area (Å²) in [5.41, 5.74) is 0.232. The van der Waals surface area contributed by atoms with Crippen LogP contribution in [0, 0.1) is 11.7 Å². The molecular weight excluding hydrogens is 381 g/mol. The molecule has 0 unspecified atom stereocenters. The van der Waals surface area contributed by atoms with Crippen molar-refractivity contribution >= 4 is 22.5 Å². The lowest BCUT2D eigenvalue weighted by atomic mass is 9.95. The molecule has 156 valence electrons. The van der Waals surface area contributed by atoms with Gasteiger partial charge in [-0.2, -0.15) is 0 Å². The number of anilines is 1. The van der Waals surface area contributed by atoms with Gasteiger partial charge in [0.15, 0.2) is 0 Å². The normalized spacial score (nSPS) is 22.9. The molecule has 1 aromatic heterocycles. The lowest BCUT2D eigenvalue weighted by Crippen LogP contribution is -2.48. The molecule has 0 saturated carbocycles. The first-order valence-corrected chi connectivity index (χ1v) is 9.75. The Bertz CT molecular complexity index is 972. The van der Waals surface area contributed by atoms with Gasteiger partial charge in [0.1, 0.15) is 11.4 Å². The molecule has 3 N–H and O–H groups in total. The summed E-state index contributed by atoms with van der Waals surface area (Å²) < 4.78 is 20.0. The van der Waals surface area contributed by atoms with Crippen LogP contribution < -0.4 is 10.3 Å². The Kier molecular flexibility index (Phi) is 5.53. The summed E-state index contributed by atoms with van der Waals surface area (Å²) in [6, 6.07) is 2.76. The summed E-state index contributed by atoms with van der Waals surface area (Å²) in [6.07, 6.45) is 1.01. The molecular formula is C20H24FN3O5. The number of H-pyrrole nitrogens is 1. The van der Waals surface area contributed by atoms with Crippen LogP contribution in [-0.4, -0.2) is 78.1 Å². The van der Waals surface area contributed by atoms with Crippen LogP contribution in [0.5, 0.6) is 0 Å². The van der Waals surface area contributed by atoms with E-state index in [4.69, 9.17) is 4.74 Å². The SMILES string of the molecule is O=C(c1c[nH]c2cc(N3CCOCC3)c(F)cc2c1=O)N1CC[C@@H](O)[C@@H](CO)C1. The number of carbonyl (C=O) groups is 1. The number of halogens is 1. The van der Waals surface area contributed by atoms with E-state index in [1.54, 1.807) is 6.07 Å². The number of nitrogens with zero attached hydrogens (tertiary/aromatic N) is 2. The van der Waals surface area contributed by atoms with Crippen LogP contribution in [0.1, 0.15) is 16.8 Å². The molecule has 2 saturated heterocycles. The van der Waals surface area contributed by atoms with E-state index in [9.17, 15) is 24.2 Å². The third-order valence-electron chi connectivity index (χ3n) is 5.75. The summed E-state index contributed by atoms with van der Waals surface area (Å²) in [5, 5.41) is 19.4. The Morgan fingerprint density at radius 2 is 2.03 bits per heavy atom. The molecule has 3 heterocycles. The Morgan fingerprint density at radius 3 is 2.76 bits per heavy atom. The van der Waals surface area contributed by atoms with E-state index in [1.165, 1.54) is 17.2 Å². The maximum absolute atomic E-state index is 14.7. The first-order valence-electron chi connectivity index (χ1n) is 9.75. The first-order chi connectivity index (χ1) is 14.0. The van der Waals surface area contributed by atoms with Crippen LogP contribution in [0.25, 0.3) is 10.9 Å². The molecule has 2 aliphatic heterocycles. The number of amides is 1. The van der Waals surface area contributed by atoms with Gasteiger partial charge in [-0.05, 0) is 18.6 Å². The van der Waals surface area contributed by atoms with Crippen molar-refractivity contribution in [2.45, 2.75) is 12.5 Å². The molecule has 1 aromatic carbocycles. The molecule has 8 nitrogen and oxygen atoms in total. The first kappa shape index (κ1) is 19.8. The third-order valence-corrected chi connectivity index (χ3v) is 5.75. The number of piperidine rings is 1. The van der Waals surface area contributed by atoms with Crippen LogP contribution in [0.3, 0.4) is 0 Å². The van der Waals surface area contributed by atoms with Gasteiger partial charge < -0.3 is 29.7 Å². The zero-order valence-corrected chi connectivity index (χ0v) is 15.9. The Hall–Kier alpha value is -2.49. The number of fused-ring (bicyclic) bond motifs is 1. The fourth-order valence-electron chi connectivity index (χ4n) is 3.99. The highest BCUT2D eigenvalue weighted by Gasteiger charge is 2.31. The molecule has 2 atom stereocenters. The number of aromatic nitrogens is 1. The van der Waals surface area contributed by atoms with Gasteiger partial charge in [0.05, 0.1) is 37.1 Å². The van der Waals surface area contributed by atoms with E-state index < -0.39 is 29.2 Å². The average molecular weight is 405 g/mol. The summed E-state index contributed by atoms with van der Waals surface area (Å²) in [7, 11) is 0. The monoisotopic (exact) mass is 405 g/mol. The smallest absolute Gasteiger partial charge is 0.259 e. The van der Waals surface area contributed by atoms with E-state index in [0.717, 1.165) is 0 Å². The standard InChI is InChI=1S/C20H24FN3O5/c21-15-7-13-16(8-17(15)23-3-5-29-6-4-23)22-9-14(19(13)27)20(28)24-2-1-18(26)12(10-24)11-25/h7-9,12,18,25-26H,1-6,10-11H2,(H,22,27)/t12-,18-/m1/s1. The number of nitrogens with one attached hydrogen (secondary N) is 1. The number of hydrogen-bond acceptors (Lipinski definition) is 6. The van der Waals surface area contributed by atoms with E-state index in [1.807, 2.05) is 4.90 Å². The van der Waals surface area contributed by atoms with E-state index in [2.05, 4.69) is 4.98 Å². The predicted molar refractivity (Wildman–Crippen MR) is 105 cm³/mol. The summed E-state index contributed by atoms with van der Waals surface area (Å²) >= 11 is 0. The maximum atomic E-state index is 14.7. The topological polar surface area (TPSA) is 106 Å². The zero-order chi connectivity index (χ0) is 20.5. The fraction of sp³-hybridized carbons (Fsp3) is 0.500. The van der Waals surface area contributed by atoms with Gasteiger partial charge in [0, 0.05) is 43.7 Å². The second kappa shape index (κ2) is 8.10. The highest BCUT2D eigenvalue weighted by Crippen LogP contribution is 2.25. The van der Waals surface area contributed by atoms with Crippen molar-refractivity contribution in [3.8, 4) is 0 Å². The van der Waals surface area contributed by atoms with Crippen molar-refractivity contribution < 1.29 is 24.1 Å². The number of hydrogen-bond donors (Lipinski definition) is 3. The minimum absolute atomic E-state index is 0.0795. The highest BCUT2D eigenvalue weighted by molar-refractivity contribution is 5.97. The number of pyridine rings is 1. The molecule has 2 aromatic rings. The van der Waals surface area contributed by atoms with Crippen LogP contribution in [-0.2, 0) is 4.74 Å². The molecule has 2 aliphatic rings. The van der Waals surface area contributed by atoms with Crippen molar-refractivity contribution in [3.63, 3.8) is 0 Å². The molecule has 2 fully saturated rings. The van der Waals surface area contributed by atoms with Gasteiger partial charge in [-0.1, -0.05) is 0 Å². The number of ether oxygens (including phenoxy) is 1. The average Bonchev–Trinajstić information content (AvgIpc) is 2.74. The maximum Gasteiger partial charge on any atom is 0.259 e. The molecule has 1 amide bonds. The molecule has 0 spiro atoms. The number of morpholine rings is 1. The second-order valence-electron chi connectivity index (χ2n) is 7.53.